The molecular formula is C19H23N3O3. The van der Waals surface area contributed by atoms with Crippen molar-refractivity contribution in [1.82, 2.24) is 9.78 Å². The minimum Gasteiger partial charge on any atom is -0.493 e. The average molecular weight is 341 g/mol. The summed E-state index contributed by atoms with van der Waals surface area (Å²) in [6.45, 7) is 1.29. The Kier molecular flexibility index (Phi) is 4.00. The molecule has 2 atom stereocenters. The predicted molar refractivity (Wildman–Crippen MR) is 93.8 cm³/mol. The topological polar surface area (TPSA) is 65.4 Å². The van der Waals surface area contributed by atoms with Crippen LogP contribution in [0.15, 0.2) is 30.3 Å². The van der Waals surface area contributed by atoms with Crippen molar-refractivity contribution in [3.05, 3.63) is 41.6 Å². The second-order valence-electron chi connectivity index (χ2n) is 6.88. The van der Waals surface area contributed by atoms with Crippen LogP contribution in [0.4, 0.5) is 5.82 Å². The van der Waals surface area contributed by atoms with Gasteiger partial charge in [0.25, 0.3) is 0 Å². The number of hydrogen-bond acceptors (Lipinski definition) is 4. The number of methoxy groups -OCH3 is 1. The molecule has 2 aromatic rings. The molecule has 1 fully saturated rings. The normalized spacial score (nSPS) is 23.8. The van der Waals surface area contributed by atoms with Crippen molar-refractivity contribution in [1.29, 1.82) is 0 Å². The van der Waals surface area contributed by atoms with E-state index in [4.69, 9.17) is 9.47 Å². The zero-order valence-electron chi connectivity index (χ0n) is 14.6. The number of para-hydroxylation sites is 1. The Morgan fingerprint density at radius 2 is 2.32 bits per heavy atom. The molecule has 132 valence electrons. The molecule has 1 spiro atoms. The smallest absolute Gasteiger partial charge is 0.229 e. The van der Waals surface area contributed by atoms with Gasteiger partial charge in [-0.25, -0.2) is 0 Å². The molecule has 2 aliphatic rings. The van der Waals surface area contributed by atoms with Crippen LogP contribution in [-0.4, -0.2) is 36.0 Å². The lowest BCUT2D eigenvalue weighted by atomic mass is 9.87. The number of nitrogens with zero attached hydrogens (tertiary/aromatic N) is 2. The van der Waals surface area contributed by atoms with Gasteiger partial charge >= 0.3 is 0 Å². The van der Waals surface area contributed by atoms with Crippen LogP contribution in [0, 0.1) is 5.92 Å². The fourth-order valence-electron chi connectivity index (χ4n) is 3.89. The van der Waals surface area contributed by atoms with E-state index in [0.29, 0.717) is 13.2 Å². The number of aromatic nitrogens is 2. The van der Waals surface area contributed by atoms with Gasteiger partial charge in [-0.05, 0) is 18.9 Å². The number of ether oxygens (including phenoxy) is 2. The lowest BCUT2D eigenvalue weighted by Gasteiger charge is -2.26. The van der Waals surface area contributed by atoms with Gasteiger partial charge in [0.05, 0.1) is 18.9 Å². The number of benzene rings is 1. The first-order valence-electron chi connectivity index (χ1n) is 8.69. The highest BCUT2D eigenvalue weighted by Gasteiger charge is 2.61. The Morgan fingerprint density at radius 1 is 1.48 bits per heavy atom. The summed E-state index contributed by atoms with van der Waals surface area (Å²) in [5.41, 5.74) is 2.03. The van der Waals surface area contributed by atoms with Crippen LogP contribution in [0.1, 0.15) is 24.1 Å². The summed E-state index contributed by atoms with van der Waals surface area (Å²) in [6.07, 6.45) is 2.51. The Hall–Kier alpha value is -2.34. The first-order chi connectivity index (χ1) is 12.1. The third-order valence-electron chi connectivity index (χ3n) is 5.36. The number of nitrogens with one attached hydrogen (secondary N) is 1. The highest BCUT2D eigenvalue weighted by atomic mass is 16.5. The SMILES string of the molecule is COCCc1cc(NC(=O)[C@@H]2C[C@]23CCOc2ccccc23)n(C)n1. The summed E-state index contributed by atoms with van der Waals surface area (Å²) in [6, 6.07) is 10.0. The molecule has 0 bridgehead atoms. The van der Waals surface area contributed by atoms with Crippen molar-refractivity contribution in [3.63, 3.8) is 0 Å². The molecule has 1 aliphatic heterocycles. The van der Waals surface area contributed by atoms with Gasteiger partial charge in [0.15, 0.2) is 0 Å². The monoisotopic (exact) mass is 341 g/mol. The summed E-state index contributed by atoms with van der Waals surface area (Å²) in [7, 11) is 3.52. The summed E-state index contributed by atoms with van der Waals surface area (Å²) in [5.74, 6) is 1.72. The van der Waals surface area contributed by atoms with Crippen LogP contribution in [0.3, 0.4) is 0 Å². The van der Waals surface area contributed by atoms with E-state index >= 15 is 0 Å². The molecule has 0 radical (unpaired) electrons. The van der Waals surface area contributed by atoms with Gasteiger partial charge in [-0.15, -0.1) is 0 Å². The van der Waals surface area contributed by atoms with E-state index in [1.165, 1.54) is 5.56 Å². The van der Waals surface area contributed by atoms with Crippen LogP contribution >= 0.6 is 0 Å². The second-order valence-corrected chi connectivity index (χ2v) is 6.88. The zero-order chi connectivity index (χ0) is 17.4. The standard InChI is InChI=1S/C19H23N3O3/c1-22-17(11-13(21-22)7-9-24-2)20-18(23)15-12-19(15)8-10-25-16-6-4-3-5-14(16)19/h3-6,11,15H,7-10,12H2,1-2H3,(H,20,23)/t15-,19-/m0/s1. The number of anilines is 1. The van der Waals surface area contributed by atoms with Crippen LogP contribution in [0.5, 0.6) is 5.75 Å². The molecule has 1 aromatic carbocycles. The molecule has 4 rings (SSSR count). The molecular weight excluding hydrogens is 318 g/mol. The van der Waals surface area contributed by atoms with Crippen molar-refractivity contribution in [2.45, 2.75) is 24.7 Å². The highest BCUT2D eigenvalue weighted by molar-refractivity contribution is 5.95. The van der Waals surface area contributed by atoms with Crippen molar-refractivity contribution < 1.29 is 14.3 Å². The molecule has 6 heteroatoms. The number of carbonyl (C=O) groups is 1. The largest absolute Gasteiger partial charge is 0.493 e. The molecule has 0 saturated heterocycles. The Balaban J connectivity index is 1.48. The molecule has 1 saturated carbocycles. The van der Waals surface area contributed by atoms with Gasteiger partial charge < -0.3 is 14.8 Å². The lowest BCUT2D eigenvalue weighted by molar-refractivity contribution is -0.117. The quantitative estimate of drug-likeness (QED) is 0.906. The number of amides is 1. The average Bonchev–Trinajstić information content (AvgIpc) is 3.23. The maximum atomic E-state index is 12.8. The molecule has 6 nitrogen and oxygen atoms in total. The van der Waals surface area contributed by atoms with Crippen molar-refractivity contribution in [2.24, 2.45) is 13.0 Å². The third kappa shape index (κ3) is 2.80. The van der Waals surface area contributed by atoms with E-state index in [-0.39, 0.29) is 17.2 Å². The first-order valence-corrected chi connectivity index (χ1v) is 8.69. The summed E-state index contributed by atoms with van der Waals surface area (Å²) >= 11 is 0. The summed E-state index contributed by atoms with van der Waals surface area (Å²) < 4.78 is 12.6. The molecule has 2 heterocycles. The van der Waals surface area contributed by atoms with Gasteiger partial charge in [0.1, 0.15) is 11.6 Å². The van der Waals surface area contributed by atoms with E-state index in [1.807, 2.05) is 31.3 Å². The van der Waals surface area contributed by atoms with Crippen LogP contribution < -0.4 is 10.1 Å². The predicted octanol–water partition coefficient (Wildman–Crippen LogP) is 2.29. The Morgan fingerprint density at radius 3 is 3.16 bits per heavy atom. The summed E-state index contributed by atoms with van der Waals surface area (Å²) in [5, 5.41) is 7.47. The zero-order valence-corrected chi connectivity index (χ0v) is 14.6. The van der Waals surface area contributed by atoms with Crippen LogP contribution in [0.25, 0.3) is 0 Å². The van der Waals surface area contributed by atoms with Gasteiger partial charge in [-0.3, -0.25) is 9.48 Å². The fourth-order valence-corrected chi connectivity index (χ4v) is 3.89. The number of aryl methyl sites for hydroxylation is 1. The molecule has 25 heavy (non-hydrogen) atoms. The summed E-state index contributed by atoms with van der Waals surface area (Å²) in [4.78, 5) is 12.8. The Labute approximate surface area is 147 Å². The minimum atomic E-state index is -0.0591. The molecule has 1 N–H and O–H groups in total. The van der Waals surface area contributed by atoms with Gasteiger partial charge in [-0.2, -0.15) is 5.10 Å². The van der Waals surface area contributed by atoms with Crippen molar-refractivity contribution >= 4 is 11.7 Å². The van der Waals surface area contributed by atoms with E-state index in [1.54, 1.807) is 11.8 Å². The highest BCUT2D eigenvalue weighted by Crippen LogP contribution is 2.60. The first kappa shape index (κ1) is 16.1. The van der Waals surface area contributed by atoms with Crippen molar-refractivity contribution in [3.8, 4) is 5.75 Å². The van der Waals surface area contributed by atoms with E-state index < -0.39 is 0 Å². The van der Waals surface area contributed by atoms with Gasteiger partial charge in [0, 0.05) is 43.5 Å². The second kappa shape index (κ2) is 6.19. The molecule has 1 aromatic heterocycles. The van der Waals surface area contributed by atoms with Crippen LogP contribution in [-0.2, 0) is 28.4 Å². The number of hydrogen-bond donors (Lipinski definition) is 1. The van der Waals surface area contributed by atoms with Gasteiger partial charge in [-0.1, -0.05) is 18.2 Å². The number of rotatable bonds is 5. The maximum Gasteiger partial charge on any atom is 0.229 e. The van der Waals surface area contributed by atoms with Crippen LogP contribution in [0.2, 0.25) is 0 Å². The van der Waals surface area contributed by atoms with Gasteiger partial charge in [0.2, 0.25) is 5.91 Å². The van der Waals surface area contributed by atoms with E-state index in [9.17, 15) is 4.79 Å². The van der Waals surface area contributed by atoms with Crippen molar-refractivity contribution in [2.75, 3.05) is 25.6 Å². The maximum absolute atomic E-state index is 12.8. The fraction of sp³-hybridized carbons (Fsp3) is 0.474. The number of fused-ring (bicyclic) bond motifs is 2. The molecule has 1 aliphatic carbocycles. The molecule has 1 amide bonds. The number of carbonyl (C=O) groups excluding carboxylic acids is 1. The molecule has 0 unspecified atom stereocenters. The van der Waals surface area contributed by atoms with E-state index in [0.717, 1.165) is 36.5 Å². The minimum absolute atomic E-state index is 0.00475. The lowest BCUT2D eigenvalue weighted by Crippen LogP contribution is -2.27. The third-order valence-corrected chi connectivity index (χ3v) is 5.36. The Bertz CT molecular complexity index is 801. The van der Waals surface area contributed by atoms with E-state index in [2.05, 4.69) is 16.5 Å².